The van der Waals surface area contributed by atoms with Gasteiger partial charge in [0.2, 0.25) is 0 Å². The fourth-order valence-corrected chi connectivity index (χ4v) is 3.45. The number of amides is 2. The van der Waals surface area contributed by atoms with Gasteiger partial charge in [0.1, 0.15) is 0 Å². The number of carbonyl (C=O) groups excluding carboxylic acids is 1. The quantitative estimate of drug-likeness (QED) is 0.819. The summed E-state index contributed by atoms with van der Waals surface area (Å²) in [6, 6.07) is 0.540. The monoisotopic (exact) mass is 264 g/mol. The summed E-state index contributed by atoms with van der Waals surface area (Å²) in [5.41, 5.74) is 1.34. The third kappa shape index (κ3) is 3.74. The second kappa shape index (κ2) is 6.97. The lowest BCUT2D eigenvalue weighted by atomic mass is 10.00. The highest BCUT2D eigenvalue weighted by molar-refractivity contribution is 5.75. The van der Waals surface area contributed by atoms with Crippen LogP contribution in [0.3, 0.4) is 0 Å². The van der Waals surface area contributed by atoms with Crippen LogP contribution in [0.25, 0.3) is 0 Å². The Morgan fingerprint density at radius 1 is 1.21 bits per heavy atom. The summed E-state index contributed by atoms with van der Waals surface area (Å²) in [4.78, 5) is 14.3. The van der Waals surface area contributed by atoms with E-state index in [0.717, 1.165) is 25.8 Å². The summed E-state index contributed by atoms with van der Waals surface area (Å²) in [6.07, 6.45) is 11.9. The van der Waals surface area contributed by atoms with Crippen molar-refractivity contribution in [2.45, 2.75) is 71.3 Å². The number of rotatable bonds is 3. The van der Waals surface area contributed by atoms with E-state index in [4.69, 9.17) is 0 Å². The highest BCUT2D eigenvalue weighted by Gasteiger charge is 2.25. The average Bonchev–Trinajstić information content (AvgIpc) is 2.98. The third-order valence-corrected chi connectivity index (χ3v) is 4.78. The smallest absolute Gasteiger partial charge is 0.321 e. The zero-order valence-electron chi connectivity index (χ0n) is 12.5. The second-order valence-corrected chi connectivity index (χ2v) is 6.07. The van der Waals surface area contributed by atoms with Crippen LogP contribution in [0.4, 0.5) is 4.79 Å². The van der Waals surface area contributed by atoms with Crippen LogP contribution in [0, 0.1) is 5.92 Å². The predicted molar refractivity (Wildman–Crippen MR) is 78.9 cm³/mol. The van der Waals surface area contributed by atoms with E-state index in [1.807, 2.05) is 11.1 Å². The number of nitrogens with one attached hydrogen (secondary N) is 1. The van der Waals surface area contributed by atoms with Crippen LogP contribution in [0.15, 0.2) is 11.8 Å². The zero-order valence-corrected chi connectivity index (χ0v) is 12.5. The van der Waals surface area contributed by atoms with Gasteiger partial charge < -0.3 is 10.2 Å². The van der Waals surface area contributed by atoms with Crippen molar-refractivity contribution in [3.05, 3.63) is 11.8 Å². The Morgan fingerprint density at radius 3 is 2.58 bits per heavy atom. The molecule has 0 radical (unpaired) electrons. The molecule has 0 spiro atoms. The van der Waals surface area contributed by atoms with Crippen molar-refractivity contribution >= 4 is 6.03 Å². The minimum Gasteiger partial charge on any atom is -0.322 e. The largest absolute Gasteiger partial charge is 0.322 e. The van der Waals surface area contributed by atoms with Gasteiger partial charge in [0.25, 0.3) is 0 Å². The molecule has 1 N–H and O–H groups in total. The van der Waals surface area contributed by atoms with E-state index in [1.165, 1.54) is 37.7 Å². The molecule has 0 bridgehead atoms. The summed E-state index contributed by atoms with van der Waals surface area (Å²) in [5, 5.41) is 3.02. The number of hydrogen-bond donors (Lipinski definition) is 1. The highest BCUT2D eigenvalue weighted by Crippen LogP contribution is 2.30. The standard InChI is InChI=1S/C16H28N2O/c1-3-15-10-6-7-11-18(15)16(19)17-12-13(2)14-8-4-5-9-14/h12,14-15H,3-11H2,1-2H3,(H,17,19)/b13-12+. The van der Waals surface area contributed by atoms with Gasteiger partial charge in [-0.1, -0.05) is 25.3 Å². The highest BCUT2D eigenvalue weighted by atomic mass is 16.2. The number of likely N-dealkylation sites (tertiary alicyclic amines) is 1. The SMILES string of the molecule is CCC1CCCCN1C(=O)N/C=C(\C)C1CCCC1. The molecule has 1 aliphatic carbocycles. The van der Waals surface area contributed by atoms with E-state index < -0.39 is 0 Å². The van der Waals surface area contributed by atoms with Gasteiger partial charge in [-0.2, -0.15) is 0 Å². The van der Waals surface area contributed by atoms with Gasteiger partial charge in [-0.3, -0.25) is 0 Å². The molecule has 1 atom stereocenters. The topological polar surface area (TPSA) is 32.3 Å². The molecule has 3 heteroatoms. The van der Waals surface area contributed by atoms with Crippen LogP contribution in [-0.4, -0.2) is 23.5 Å². The maximum atomic E-state index is 12.3. The molecule has 1 unspecified atom stereocenters. The summed E-state index contributed by atoms with van der Waals surface area (Å²) >= 11 is 0. The van der Waals surface area contributed by atoms with E-state index in [9.17, 15) is 4.79 Å². The fraction of sp³-hybridized carbons (Fsp3) is 0.812. The predicted octanol–water partition coefficient (Wildman–Crippen LogP) is 4.05. The van der Waals surface area contributed by atoms with Crippen molar-refractivity contribution in [1.82, 2.24) is 10.2 Å². The Balaban J connectivity index is 1.87. The van der Waals surface area contributed by atoms with E-state index in [2.05, 4.69) is 19.2 Å². The van der Waals surface area contributed by atoms with Crippen molar-refractivity contribution < 1.29 is 4.79 Å². The Hall–Kier alpha value is -0.990. The zero-order chi connectivity index (χ0) is 13.7. The number of nitrogens with zero attached hydrogens (tertiary/aromatic N) is 1. The van der Waals surface area contributed by atoms with Crippen molar-refractivity contribution in [2.24, 2.45) is 5.92 Å². The van der Waals surface area contributed by atoms with Crippen molar-refractivity contribution in [2.75, 3.05) is 6.54 Å². The maximum Gasteiger partial charge on any atom is 0.321 e. The van der Waals surface area contributed by atoms with Crippen molar-refractivity contribution in [3.8, 4) is 0 Å². The van der Waals surface area contributed by atoms with Gasteiger partial charge in [0.05, 0.1) is 0 Å². The number of urea groups is 1. The van der Waals surface area contributed by atoms with Crippen LogP contribution >= 0.6 is 0 Å². The molecule has 2 amide bonds. The van der Waals surface area contributed by atoms with E-state index in [-0.39, 0.29) is 6.03 Å². The Kier molecular flexibility index (Phi) is 5.29. The van der Waals surface area contributed by atoms with Crippen LogP contribution in [0.2, 0.25) is 0 Å². The molecular formula is C16H28N2O. The molecule has 1 saturated heterocycles. The average molecular weight is 264 g/mol. The lowest BCUT2D eigenvalue weighted by Gasteiger charge is -2.34. The fourth-order valence-electron chi connectivity index (χ4n) is 3.45. The summed E-state index contributed by atoms with van der Waals surface area (Å²) in [7, 11) is 0. The Labute approximate surface area is 117 Å². The molecule has 1 saturated carbocycles. The molecule has 2 rings (SSSR count). The van der Waals surface area contributed by atoms with E-state index in [1.54, 1.807) is 0 Å². The van der Waals surface area contributed by atoms with E-state index in [0.29, 0.717) is 12.0 Å². The Morgan fingerprint density at radius 2 is 1.89 bits per heavy atom. The molecule has 0 aromatic rings. The van der Waals surface area contributed by atoms with Gasteiger partial charge in [0, 0.05) is 18.8 Å². The van der Waals surface area contributed by atoms with Crippen molar-refractivity contribution in [1.29, 1.82) is 0 Å². The summed E-state index contributed by atoms with van der Waals surface area (Å²) < 4.78 is 0. The van der Waals surface area contributed by atoms with Gasteiger partial charge in [-0.25, -0.2) is 4.79 Å². The lowest BCUT2D eigenvalue weighted by molar-refractivity contribution is 0.152. The first-order valence-corrected chi connectivity index (χ1v) is 7.96. The first-order chi connectivity index (χ1) is 9.22. The molecule has 3 nitrogen and oxygen atoms in total. The van der Waals surface area contributed by atoms with Gasteiger partial charge in [0.15, 0.2) is 0 Å². The maximum absolute atomic E-state index is 12.3. The lowest BCUT2D eigenvalue weighted by Crippen LogP contribution is -2.47. The number of hydrogen-bond acceptors (Lipinski definition) is 1. The van der Waals surface area contributed by atoms with E-state index >= 15 is 0 Å². The number of piperidine rings is 1. The number of allylic oxidation sites excluding steroid dienone is 1. The normalized spacial score (nSPS) is 25.7. The molecular weight excluding hydrogens is 236 g/mol. The molecule has 0 aromatic carbocycles. The molecule has 1 heterocycles. The first-order valence-electron chi connectivity index (χ1n) is 7.96. The third-order valence-electron chi connectivity index (χ3n) is 4.78. The molecule has 2 fully saturated rings. The summed E-state index contributed by atoms with van der Waals surface area (Å²) in [5.74, 6) is 0.698. The van der Waals surface area contributed by atoms with Crippen LogP contribution in [0.1, 0.15) is 65.2 Å². The molecule has 1 aliphatic heterocycles. The first kappa shape index (κ1) is 14.4. The number of carbonyl (C=O) groups is 1. The van der Waals surface area contributed by atoms with Gasteiger partial charge in [-0.15, -0.1) is 0 Å². The van der Waals surface area contributed by atoms with Crippen molar-refractivity contribution in [3.63, 3.8) is 0 Å². The molecule has 19 heavy (non-hydrogen) atoms. The van der Waals surface area contributed by atoms with Gasteiger partial charge >= 0.3 is 6.03 Å². The minimum absolute atomic E-state index is 0.101. The second-order valence-electron chi connectivity index (χ2n) is 6.07. The molecule has 2 aliphatic rings. The Bertz CT molecular complexity index is 332. The van der Waals surface area contributed by atoms with Crippen LogP contribution in [-0.2, 0) is 0 Å². The van der Waals surface area contributed by atoms with Gasteiger partial charge in [-0.05, 0) is 51.4 Å². The van der Waals surface area contributed by atoms with Crippen LogP contribution < -0.4 is 5.32 Å². The minimum atomic E-state index is 0.101. The molecule has 0 aromatic heterocycles. The van der Waals surface area contributed by atoms with Crippen LogP contribution in [0.5, 0.6) is 0 Å². The molecule has 108 valence electrons. The summed E-state index contributed by atoms with van der Waals surface area (Å²) in [6.45, 7) is 5.25.